The highest BCUT2D eigenvalue weighted by molar-refractivity contribution is 5.68. The van der Waals surface area contributed by atoms with E-state index in [1.165, 1.54) is 17.0 Å². The van der Waals surface area contributed by atoms with Crippen LogP contribution in [0.3, 0.4) is 0 Å². The number of nitrogens with zero attached hydrogens (tertiary/aromatic N) is 1. The Kier molecular flexibility index (Phi) is 6.34. The molecule has 0 bridgehead atoms. The van der Waals surface area contributed by atoms with Gasteiger partial charge >= 0.3 is 12.7 Å². The lowest BCUT2D eigenvalue weighted by atomic mass is 9.93. The van der Waals surface area contributed by atoms with Crippen LogP contribution in [-0.2, 0) is 16.1 Å². The second-order valence-corrected chi connectivity index (χ2v) is 6.34. The fourth-order valence-corrected chi connectivity index (χ4v) is 3.22. The Morgan fingerprint density at radius 1 is 1.11 bits per heavy atom. The Bertz CT molecular complexity index is 740. The lowest BCUT2D eigenvalue weighted by molar-refractivity contribution is -0.176. The highest BCUT2D eigenvalue weighted by Gasteiger charge is 2.35. The molecule has 0 aromatic heterocycles. The SMILES string of the molecule is O=C(OCc1ccccc1)N1CC[C@@H](OC(F)F)C[C@@H]1c1ccc(F)cc1. The van der Waals surface area contributed by atoms with Crippen molar-refractivity contribution in [2.24, 2.45) is 0 Å². The molecule has 2 aromatic rings. The van der Waals surface area contributed by atoms with Gasteiger partial charge in [-0.2, -0.15) is 8.78 Å². The summed E-state index contributed by atoms with van der Waals surface area (Å²) in [5.74, 6) is -0.409. The number of hydrogen-bond donors (Lipinski definition) is 0. The van der Waals surface area contributed by atoms with Gasteiger partial charge in [-0.1, -0.05) is 42.5 Å². The average Bonchev–Trinajstić information content (AvgIpc) is 2.67. The summed E-state index contributed by atoms with van der Waals surface area (Å²) in [5, 5.41) is 0. The first-order valence-corrected chi connectivity index (χ1v) is 8.69. The molecule has 1 heterocycles. The number of halogens is 3. The Hall–Kier alpha value is -2.54. The van der Waals surface area contributed by atoms with Gasteiger partial charge < -0.3 is 14.4 Å². The third-order valence-electron chi connectivity index (χ3n) is 4.54. The first kappa shape index (κ1) is 19.2. The van der Waals surface area contributed by atoms with E-state index in [1.54, 1.807) is 12.1 Å². The van der Waals surface area contributed by atoms with Gasteiger partial charge in [-0.25, -0.2) is 9.18 Å². The number of ether oxygens (including phenoxy) is 2. The van der Waals surface area contributed by atoms with Crippen molar-refractivity contribution in [3.8, 4) is 0 Å². The predicted octanol–water partition coefficient (Wildman–Crippen LogP) is 4.91. The van der Waals surface area contributed by atoms with E-state index < -0.39 is 30.7 Å². The van der Waals surface area contributed by atoms with Crippen molar-refractivity contribution in [1.82, 2.24) is 4.90 Å². The molecule has 1 fully saturated rings. The van der Waals surface area contributed by atoms with Crippen LogP contribution in [0.1, 0.15) is 30.0 Å². The maximum atomic E-state index is 13.2. The van der Waals surface area contributed by atoms with Crippen molar-refractivity contribution >= 4 is 6.09 Å². The smallest absolute Gasteiger partial charge is 0.410 e. The average molecular weight is 379 g/mol. The van der Waals surface area contributed by atoms with Crippen LogP contribution in [0.2, 0.25) is 0 Å². The number of carbonyl (C=O) groups is 1. The molecule has 1 amide bonds. The van der Waals surface area contributed by atoms with E-state index in [2.05, 4.69) is 4.74 Å². The summed E-state index contributed by atoms with van der Waals surface area (Å²) in [6.45, 7) is -2.54. The predicted molar refractivity (Wildman–Crippen MR) is 92.6 cm³/mol. The summed E-state index contributed by atoms with van der Waals surface area (Å²) in [6, 6.07) is 14.4. The number of likely N-dealkylation sites (tertiary alicyclic amines) is 1. The van der Waals surface area contributed by atoms with E-state index in [9.17, 15) is 18.0 Å². The molecule has 0 radical (unpaired) electrons. The summed E-state index contributed by atoms with van der Waals surface area (Å²) in [5.41, 5.74) is 1.50. The fourth-order valence-electron chi connectivity index (χ4n) is 3.22. The van der Waals surface area contributed by atoms with Gasteiger partial charge in [0.25, 0.3) is 0 Å². The van der Waals surface area contributed by atoms with Gasteiger partial charge in [-0.05, 0) is 36.1 Å². The van der Waals surface area contributed by atoms with Crippen molar-refractivity contribution in [3.63, 3.8) is 0 Å². The fraction of sp³-hybridized carbons (Fsp3) is 0.350. The number of piperidine rings is 1. The second-order valence-electron chi connectivity index (χ2n) is 6.34. The summed E-state index contributed by atoms with van der Waals surface area (Å²) in [4.78, 5) is 14.1. The Morgan fingerprint density at radius 2 is 1.81 bits per heavy atom. The van der Waals surface area contributed by atoms with E-state index in [1.807, 2.05) is 30.3 Å². The highest BCUT2D eigenvalue weighted by atomic mass is 19.3. The molecule has 0 spiro atoms. The third kappa shape index (κ3) is 5.23. The van der Waals surface area contributed by atoms with Gasteiger partial charge in [0.2, 0.25) is 0 Å². The molecule has 7 heteroatoms. The van der Waals surface area contributed by atoms with Crippen molar-refractivity contribution in [1.29, 1.82) is 0 Å². The van der Waals surface area contributed by atoms with E-state index in [-0.39, 0.29) is 26.0 Å². The largest absolute Gasteiger partial charge is 0.445 e. The molecule has 0 unspecified atom stereocenters. The Balaban J connectivity index is 1.72. The van der Waals surface area contributed by atoms with Crippen molar-refractivity contribution in [2.75, 3.05) is 6.54 Å². The van der Waals surface area contributed by atoms with Crippen molar-refractivity contribution in [3.05, 3.63) is 71.5 Å². The summed E-state index contributed by atoms with van der Waals surface area (Å²) in [7, 11) is 0. The molecule has 0 saturated carbocycles. The van der Waals surface area contributed by atoms with Gasteiger partial charge in [-0.15, -0.1) is 0 Å². The molecule has 144 valence electrons. The molecule has 3 rings (SSSR count). The quantitative estimate of drug-likeness (QED) is 0.741. The molecule has 1 aliphatic rings. The molecule has 1 aliphatic heterocycles. The topological polar surface area (TPSA) is 38.8 Å². The lowest BCUT2D eigenvalue weighted by Crippen LogP contribution is -2.43. The molecule has 2 aromatic carbocycles. The van der Waals surface area contributed by atoms with E-state index in [4.69, 9.17) is 4.74 Å². The maximum Gasteiger partial charge on any atom is 0.410 e. The minimum Gasteiger partial charge on any atom is -0.445 e. The van der Waals surface area contributed by atoms with Crippen molar-refractivity contribution < 1.29 is 27.4 Å². The highest BCUT2D eigenvalue weighted by Crippen LogP contribution is 2.33. The number of rotatable bonds is 5. The number of amides is 1. The first-order valence-electron chi connectivity index (χ1n) is 8.69. The Morgan fingerprint density at radius 3 is 2.48 bits per heavy atom. The summed E-state index contributed by atoms with van der Waals surface area (Å²) >= 11 is 0. The monoisotopic (exact) mass is 379 g/mol. The molecule has 0 aliphatic carbocycles. The molecular weight excluding hydrogens is 359 g/mol. The zero-order valence-electron chi connectivity index (χ0n) is 14.6. The molecule has 0 N–H and O–H groups in total. The number of hydrogen-bond acceptors (Lipinski definition) is 3. The van der Waals surface area contributed by atoms with E-state index in [0.717, 1.165) is 5.56 Å². The van der Waals surface area contributed by atoms with Gasteiger partial charge in [0.05, 0.1) is 12.1 Å². The maximum absolute atomic E-state index is 13.2. The Labute approximate surface area is 155 Å². The van der Waals surface area contributed by atoms with Gasteiger partial charge in [-0.3, -0.25) is 0 Å². The number of alkyl halides is 2. The second kappa shape index (κ2) is 8.90. The molecule has 27 heavy (non-hydrogen) atoms. The van der Waals surface area contributed by atoms with Crippen LogP contribution in [0.15, 0.2) is 54.6 Å². The van der Waals surface area contributed by atoms with Crippen molar-refractivity contribution in [2.45, 2.75) is 38.2 Å². The molecule has 4 nitrogen and oxygen atoms in total. The van der Waals surface area contributed by atoms with Crippen LogP contribution in [0.5, 0.6) is 0 Å². The van der Waals surface area contributed by atoms with Gasteiger partial charge in [0.15, 0.2) is 0 Å². The van der Waals surface area contributed by atoms with Crippen LogP contribution >= 0.6 is 0 Å². The third-order valence-corrected chi connectivity index (χ3v) is 4.54. The molecule has 1 saturated heterocycles. The number of carbonyl (C=O) groups excluding carboxylic acids is 1. The first-order chi connectivity index (χ1) is 13.0. The minimum absolute atomic E-state index is 0.114. The molecular formula is C20H20F3NO3. The lowest BCUT2D eigenvalue weighted by Gasteiger charge is -2.38. The zero-order valence-corrected chi connectivity index (χ0v) is 14.6. The van der Waals surface area contributed by atoms with E-state index >= 15 is 0 Å². The van der Waals surface area contributed by atoms with Crippen LogP contribution in [-0.4, -0.2) is 30.3 Å². The summed E-state index contributed by atoms with van der Waals surface area (Å²) < 4.78 is 48.4. The normalized spacial score (nSPS) is 19.9. The van der Waals surface area contributed by atoms with Gasteiger partial charge in [0.1, 0.15) is 12.4 Å². The van der Waals surface area contributed by atoms with Crippen LogP contribution in [0, 0.1) is 5.82 Å². The molecule has 2 atom stereocenters. The van der Waals surface area contributed by atoms with Gasteiger partial charge in [0, 0.05) is 6.54 Å². The van der Waals surface area contributed by atoms with Crippen LogP contribution < -0.4 is 0 Å². The van der Waals surface area contributed by atoms with Crippen LogP contribution in [0.25, 0.3) is 0 Å². The van der Waals surface area contributed by atoms with E-state index in [0.29, 0.717) is 5.56 Å². The number of benzene rings is 2. The minimum atomic E-state index is -2.87. The summed E-state index contributed by atoms with van der Waals surface area (Å²) in [6.07, 6.45) is -0.749. The zero-order chi connectivity index (χ0) is 19.2. The standard InChI is InChI=1S/C20H20F3NO3/c21-16-8-6-15(7-9-16)18-12-17(27-19(22)23)10-11-24(18)20(25)26-13-14-4-2-1-3-5-14/h1-9,17-19H,10-13H2/t17-,18-/m1/s1. The van der Waals surface area contributed by atoms with Crippen LogP contribution in [0.4, 0.5) is 18.0 Å².